The fourth-order valence-corrected chi connectivity index (χ4v) is 2.03. The van der Waals surface area contributed by atoms with Crippen molar-refractivity contribution >= 4 is 11.9 Å². The Kier molecular flexibility index (Phi) is 2.90. The predicted octanol–water partition coefficient (Wildman–Crippen LogP) is 0.287. The lowest BCUT2D eigenvalue weighted by atomic mass is 9.95. The van der Waals surface area contributed by atoms with Crippen LogP contribution in [0.3, 0.4) is 0 Å². The molecule has 2 fully saturated rings. The van der Waals surface area contributed by atoms with Crippen LogP contribution in [0.25, 0.3) is 0 Å². The van der Waals surface area contributed by atoms with Crippen LogP contribution in [-0.2, 0) is 14.3 Å². The molecule has 0 aromatic rings. The Morgan fingerprint density at radius 2 is 1.80 bits per heavy atom. The highest BCUT2D eigenvalue weighted by atomic mass is 16.6. The second-order valence-electron chi connectivity index (χ2n) is 4.16. The van der Waals surface area contributed by atoms with Crippen LogP contribution in [0.2, 0.25) is 0 Å². The number of ether oxygens (including phenoxy) is 1. The van der Waals surface area contributed by atoms with Crippen molar-refractivity contribution in [1.82, 2.24) is 5.32 Å². The molecule has 2 unspecified atom stereocenters. The third-order valence-electron chi connectivity index (χ3n) is 2.94. The zero-order chi connectivity index (χ0) is 10.8. The molecule has 0 bridgehead atoms. The number of amides is 1. The Bertz CT molecular complexity index is 273. The van der Waals surface area contributed by atoms with Crippen molar-refractivity contribution < 1.29 is 19.4 Å². The van der Waals surface area contributed by atoms with Crippen molar-refractivity contribution in [3.05, 3.63) is 0 Å². The molecule has 2 N–H and O–H groups in total. The van der Waals surface area contributed by atoms with Gasteiger partial charge < -0.3 is 15.2 Å². The van der Waals surface area contributed by atoms with Crippen LogP contribution < -0.4 is 5.32 Å². The number of aliphatic carboxylic acids is 1. The Labute approximate surface area is 87.8 Å². The Hall–Kier alpha value is -1.10. The number of rotatable bonds is 3. The summed E-state index contributed by atoms with van der Waals surface area (Å²) >= 11 is 0. The topological polar surface area (TPSA) is 78.9 Å². The molecule has 84 valence electrons. The third kappa shape index (κ3) is 2.47. The number of carbonyl (C=O) groups is 2. The van der Waals surface area contributed by atoms with E-state index < -0.39 is 18.2 Å². The fourth-order valence-electron chi connectivity index (χ4n) is 2.03. The minimum absolute atomic E-state index is 0.213. The van der Waals surface area contributed by atoms with Crippen LogP contribution in [0.1, 0.15) is 32.1 Å². The monoisotopic (exact) mass is 213 g/mol. The zero-order valence-electron chi connectivity index (χ0n) is 8.44. The molecule has 1 heterocycles. The lowest BCUT2D eigenvalue weighted by molar-refractivity contribution is -0.138. The summed E-state index contributed by atoms with van der Waals surface area (Å²) in [6, 6.07) is 0.213. The number of carbonyl (C=O) groups excluding carboxylic acids is 1. The van der Waals surface area contributed by atoms with E-state index in [0.717, 1.165) is 25.7 Å². The summed E-state index contributed by atoms with van der Waals surface area (Å²) in [5, 5.41) is 11.4. The van der Waals surface area contributed by atoms with Crippen molar-refractivity contribution in [2.24, 2.45) is 0 Å². The number of hydrogen-bond donors (Lipinski definition) is 2. The number of carboxylic acid groups (broad SMARTS) is 1. The second-order valence-corrected chi connectivity index (χ2v) is 4.16. The quantitative estimate of drug-likeness (QED) is 0.660. The van der Waals surface area contributed by atoms with Crippen molar-refractivity contribution in [3.63, 3.8) is 0 Å². The van der Waals surface area contributed by atoms with Crippen molar-refractivity contribution in [2.75, 3.05) is 0 Å². The summed E-state index contributed by atoms with van der Waals surface area (Å²) in [4.78, 5) is 22.0. The van der Waals surface area contributed by atoms with Crippen LogP contribution >= 0.6 is 0 Å². The molecular weight excluding hydrogens is 198 g/mol. The highest BCUT2D eigenvalue weighted by molar-refractivity contribution is 5.92. The van der Waals surface area contributed by atoms with Gasteiger partial charge in [-0.05, 0) is 12.8 Å². The lowest BCUT2D eigenvalue weighted by Crippen LogP contribution is -2.39. The van der Waals surface area contributed by atoms with Gasteiger partial charge in [0.25, 0.3) is 5.91 Å². The Morgan fingerprint density at radius 3 is 2.33 bits per heavy atom. The molecule has 0 spiro atoms. The van der Waals surface area contributed by atoms with Crippen molar-refractivity contribution in [2.45, 2.75) is 50.4 Å². The smallest absolute Gasteiger partial charge is 0.336 e. The van der Waals surface area contributed by atoms with Gasteiger partial charge in [0.2, 0.25) is 0 Å². The molecule has 5 heteroatoms. The number of hydrogen-bond acceptors (Lipinski definition) is 3. The predicted molar refractivity (Wildman–Crippen MR) is 51.3 cm³/mol. The zero-order valence-corrected chi connectivity index (χ0v) is 8.44. The second kappa shape index (κ2) is 4.18. The maximum Gasteiger partial charge on any atom is 0.336 e. The van der Waals surface area contributed by atoms with Crippen LogP contribution in [-0.4, -0.2) is 35.2 Å². The van der Waals surface area contributed by atoms with E-state index in [-0.39, 0.29) is 11.9 Å². The molecule has 1 amide bonds. The first-order valence-corrected chi connectivity index (χ1v) is 5.37. The van der Waals surface area contributed by atoms with Gasteiger partial charge in [-0.15, -0.1) is 0 Å². The third-order valence-corrected chi connectivity index (χ3v) is 2.94. The summed E-state index contributed by atoms with van der Waals surface area (Å²) in [6.45, 7) is 0. The van der Waals surface area contributed by atoms with E-state index in [4.69, 9.17) is 9.84 Å². The van der Waals surface area contributed by atoms with E-state index in [1.54, 1.807) is 0 Å². The summed E-state index contributed by atoms with van der Waals surface area (Å²) in [7, 11) is 0. The Morgan fingerprint density at radius 1 is 1.13 bits per heavy atom. The molecule has 1 aliphatic heterocycles. The maximum absolute atomic E-state index is 11.5. The molecule has 1 aliphatic carbocycles. The summed E-state index contributed by atoms with van der Waals surface area (Å²) in [5.74, 6) is -1.33. The first-order chi connectivity index (χ1) is 7.18. The van der Waals surface area contributed by atoms with E-state index in [2.05, 4.69) is 5.32 Å². The van der Waals surface area contributed by atoms with Gasteiger partial charge in [-0.3, -0.25) is 4.79 Å². The van der Waals surface area contributed by atoms with Gasteiger partial charge in [0, 0.05) is 6.04 Å². The standard InChI is InChI=1S/C10H15NO4/c12-9(7-8(15-7)10(13)14)11-6-4-2-1-3-5-6/h6-8H,1-5H2,(H,11,12)(H,13,14). The highest BCUT2D eigenvalue weighted by Gasteiger charge is 2.50. The van der Waals surface area contributed by atoms with E-state index in [1.807, 2.05) is 0 Å². The molecule has 0 radical (unpaired) electrons. The molecule has 1 saturated carbocycles. The molecule has 2 aliphatic rings. The lowest BCUT2D eigenvalue weighted by Gasteiger charge is -2.22. The molecule has 2 atom stereocenters. The van der Waals surface area contributed by atoms with E-state index in [9.17, 15) is 9.59 Å². The molecule has 15 heavy (non-hydrogen) atoms. The fraction of sp³-hybridized carbons (Fsp3) is 0.800. The van der Waals surface area contributed by atoms with Crippen LogP contribution in [0, 0.1) is 0 Å². The van der Waals surface area contributed by atoms with E-state index >= 15 is 0 Å². The summed E-state index contributed by atoms with van der Waals surface area (Å²) in [6.07, 6.45) is 3.81. The molecular formula is C10H15NO4. The number of epoxide rings is 1. The first kappa shape index (κ1) is 10.4. The number of carboxylic acids is 1. The highest BCUT2D eigenvalue weighted by Crippen LogP contribution is 2.24. The van der Waals surface area contributed by atoms with Gasteiger partial charge in [-0.1, -0.05) is 19.3 Å². The molecule has 5 nitrogen and oxygen atoms in total. The van der Waals surface area contributed by atoms with E-state index in [1.165, 1.54) is 6.42 Å². The minimum Gasteiger partial charge on any atom is -0.479 e. The van der Waals surface area contributed by atoms with Crippen molar-refractivity contribution in [3.8, 4) is 0 Å². The maximum atomic E-state index is 11.5. The van der Waals surface area contributed by atoms with Gasteiger partial charge in [-0.25, -0.2) is 4.79 Å². The normalized spacial score (nSPS) is 30.9. The van der Waals surface area contributed by atoms with Gasteiger partial charge in [0.15, 0.2) is 12.2 Å². The Balaban J connectivity index is 1.75. The summed E-state index contributed by atoms with van der Waals surface area (Å²) < 4.78 is 4.77. The van der Waals surface area contributed by atoms with E-state index in [0.29, 0.717) is 0 Å². The molecule has 0 aromatic carbocycles. The largest absolute Gasteiger partial charge is 0.479 e. The summed E-state index contributed by atoms with van der Waals surface area (Å²) in [5.41, 5.74) is 0. The van der Waals surface area contributed by atoms with Gasteiger partial charge in [0.1, 0.15) is 0 Å². The van der Waals surface area contributed by atoms with Crippen LogP contribution in [0.4, 0.5) is 0 Å². The SMILES string of the molecule is O=C(O)C1OC1C(=O)NC1CCCCC1. The van der Waals surface area contributed by atoms with Crippen LogP contribution in [0.15, 0.2) is 0 Å². The van der Waals surface area contributed by atoms with Gasteiger partial charge in [-0.2, -0.15) is 0 Å². The minimum atomic E-state index is -1.06. The molecule has 2 rings (SSSR count). The number of nitrogens with one attached hydrogen (secondary N) is 1. The van der Waals surface area contributed by atoms with Crippen molar-refractivity contribution in [1.29, 1.82) is 0 Å². The first-order valence-electron chi connectivity index (χ1n) is 5.37. The average molecular weight is 213 g/mol. The molecule has 1 saturated heterocycles. The average Bonchev–Trinajstić information content (AvgIpc) is 2.98. The molecule has 0 aromatic heterocycles. The van der Waals surface area contributed by atoms with Gasteiger partial charge >= 0.3 is 5.97 Å². The van der Waals surface area contributed by atoms with Crippen LogP contribution in [0.5, 0.6) is 0 Å². The van der Waals surface area contributed by atoms with Gasteiger partial charge in [0.05, 0.1) is 0 Å².